The molecule has 5 rings (SSSR count). The fraction of sp³-hybridized carbons (Fsp3) is 0. The summed E-state index contributed by atoms with van der Waals surface area (Å²) in [7, 11) is 0. The second-order valence-corrected chi connectivity index (χ2v) is 6.17. The lowest BCUT2D eigenvalue weighted by atomic mass is 10.1. The van der Waals surface area contributed by atoms with Crippen molar-refractivity contribution in [2.45, 2.75) is 0 Å². The molecule has 0 fully saturated rings. The van der Waals surface area contributed by atoms with Gasteiger partial charge < -0.3 is 16.0 Å². The minimum Gasteiger partial charge on any atom is -0.383 e. The summed E-state index contributed by atoms with van der Waals surface area (Å²) in [5.41, 5.74) is 11.4. The first kappa shape index (κ1) is 15.3. The van der Waals surface area contributed by atoms with E-state index in [1.54, 1.807) is 18.7 Å². The number of nitrogen functional groups attached to an aromatic ring is 1. The predicted octanol–water partition coefficient (Wildman–Crippen LogP) is 3.89. The summed E-state index contributed by atoms with van der Waals surface area (Å²) in [4.78, 5) is 20.6. The Labute approximate surface area is 154 Å². The molecule has 5 aromatic rings. The maximum Gasteiger partial charge on any atom is 0.229 e. The summed E-state index contributed by atoms with van der Waals surface area (Å²) >= 11 is 0. The fourth-order valence-corrected chi connectivity index (χ4v) is 3.03. The van der Waals surface area contributed by atoms with Gasteiger partial charge in [0.15, 0.2) is 0 Å². The van der Waals surface area contributed by atoms with Crippen LogP contribution in [0.15, 0.2) is 67.3 Å². The number of fused-ring (bicyclic) bond motifs is 2. The normalized spacial score (nSPS) is 11.1. The van der Waals surface area contributed by atoms with E-state index >= 15 is 0 Å². The molecule has 7 heteroatoms. The molecular formula is C20H15N7. The molecule has 0 bridgehead atoms. The molecule has 0 aliphatic rings. The molecule has 7 nitrogen and oxygen atoms in total. The van der Waals surface area contributed by atoms with Gasteiger partial charge in [0.05, 0.1) is 22.9 Å². The molecule has 0 aliphatic heterocycles. The summed E-state index contributed by atoms with van der Waals surface area (Å²) in [5.74, 6) is 0.824. The lowest BCUT2D eigenvalue weighted by Gasteiger charge is -2.09. The number of para-hydroxylation sites is 1. The first-order chi connectivity index (χ1) is 13.3. The van der Waals surface area contributed by atoms with Crippen molar-refractivity contribution in [1.29, 1.82) is 0 Å². The highest BCUT2D eigenvalue weighted by molar-refractivity contribution is 5.85. The maximum absolute atomic E-state index is 6.19. The summed E-state index contributed by atoms with van der Waals surface area (Å²) in [6, 6.07) is 15.8. The average molecular weight is 353 g/mol. The van der Waals surface area contributed by atoms with Gasteiger partial charge in [0.1, 0.15) is 5.82 Å². The zero-order valence-electron chi connectivity index (χ0n) is 14.2. The van der Waals surface area contributed by atoms with E-state index in [0.717, 1.165) is 38.8 Å². The van der Waals surface area contributed by atoms with Crippen LogP contribution in [0.1, 0.15) is 0 Å². The summed E-state index contributed by atoms with van der Waals surface area (Å²) in [6.45, 7) is 0. The molecule has 0 unspecified atom stereocenters. The van der Waals surface area contributed by atoms with Crippen molar-refractivity contribution in [3.63, 3.8) is 0 Å². The van der Waals surface area contributed by atoms with Gasteiger partial charge in [-0.2, -0.15) is 4.98 Å². The number of nitrogens with two attached hydrogens (primary N) is 1. The van der Waals surface area contributed by atoms with Gasteiger partial charge in [0.2, 0.25) is 5.95 Å². The molecule has 2 aromatic carbocycles. The first-order valence-corrected chi connectivity index (χ1v) is 8.44. The van der Waals surface area contributed by atoms with Crippen LogP contribution in [0, 0.1) is 0 Å². The van der Waals surface area contributed by atoms with Crippen LogP contribution in [-0.4, -0.2) is 24.9 Å². The van der Waals surface area contributed by atoms with Crippen LogP contribution in [0.2, 0.25) is 0 Å². The number of benzene rings is 2. The molecule has 3 heterocycles. The molecule has 0 amide bonds. The van der Waals surface area contributed by atoms with Crippen LogP contribution < -0.4 is 11.1 Å². The predicted molar refractivity (Wildman–Crippen MR) is 107 cm³/mol. The Balaban J connectivity index is 1.47. The number of aromatic nitrogens is 5. The highest BCUT2D eigenvalue weighted by atomic mass is 15.1. The lowest BCUT2D eigenvalue weighted by molar-refractivity contribution is 1.17. The van der Waals surface area contributed by atoms with Crippen molar-refractivity contribution in [2.75, 3.05) is 11.1 Å². The van der Waals surface area contributed by atoms with Crippen LogP contribution in [0.4, 0.5) is 17.5 Å². The molecule has 0 saturated carbocycles. The van der Waals surface area contributed by atoms with Crippen molar-refractivity contribution in [3.05, 3.63) is 67.3 Å². The number of nitrogens with zero attached hydrogens (tertiary/aromatic N) is 4. The number of anilines is 3. The Kier molecular flexibility index (Phi) is 3.43. The molecule has 0 radical (unpaired) electrons. The zero-order chi connectivity index (χ0) is 18.2. The molecule has 0 spiro atoms. The van der Waals surface area contributed by atoms with E-state index in [0.29, 0.717) is 11.8 Å². The first-order valence-electron chi connectivity index (χ1n) is 8.44. The van der Waals surface area contributed by atoms with Gasteiger partial charge in [0.25, 0.3) is 0 Å². The third-order valence-electron chi connectivity index (χ3n) is 4.40. The van der Waals surface area contributed by atoms with Crippen LogP contribution in [0.5, 0.6) is 0 Å². The number of hydrogen-bond acceptors (Lipinski definition) is 6. The standard InChI is InChI=1S/C20H15N7/c21-19-15(13-7-12-3-1-2-4-16(12)22-9-13)10-23-20(27-19)26-14-5-6-17-18(8-14)25-11-24-17/h1-11H,(H,24,25)(H3,21,23,26,27). The van der Waals surface area contributed by atoms with Gasteiger partial charge in [-0.3, -0.25) is 4.98 Å². The van der Waals surface area contributed by atoms with Crippen molar-refractivity contribution < 1.29 is 0 Å². The van der Waals surface area contributed by atoms with Crippen molar-refractivity contribution >= 4 is 39.4 Å². The van der Waals surface area contributed by atoms with Crippen molar-refractivity contribution in [1.82, 2.24) is 24.9 Å². The Morgan fingerprint density at radius 1 is 0.889 bits per heavy atom. The largest absolute Gasteiger partial charge is 0.383 e. The Morgan fingerprint density at radius 3 is 2.74 bits per heavy atom. The van der Waals surface area contributed by atoms with Crippen LogP contribution in [0.25, 0.3) is 33.1 Å². The average Bonchev–Trinajstić information content (AvgIpc) is 3.16. The number of aromatic amines is 1. The van der Waals surface area contributed by atoms with E-state index in [1.807, 2.05) is 48.5 Å². The van der Waals surface area contributed by atoms with Crippen molar-refractivity contribution in [2.24, 2.45) is 0 Å². The number of pyridine rings is 1. The molecule has 4 N–H and O–H groups in total. The summed E-state index contributed by atoms with van der Waals surface area (Å²) < 4.78 is 0. The SMILES string of the molecule is Nc1nc(Nc2ccc3[nH]cnc3c2)ncc1-c1cnc2ccccc2c1. The van der Waals surface area contributed by atoms with Gasteiger partial charge in [0, 0.05) is 34.6 Å². The minimum absolute atomic E-state index is 0.394. The highest BCUT2D eigenvalue weighted by Gasteiger charge is 2.09. The maximum atomic E-state index is 6.19. The molecule has 0 saturated heterocycles. The Bertz CT molecular complexity index is 1280. The van der Waals surface area contributed by atoms with Crippen LogP contribution in [0.3, 0.4) is 0 Å². The number of rotatable bonds is 3. The third-order valence-corrected chi connectivity index (χ3v) is 4.40. The molecule has 130 valence electrons. The van der Waals surface area contributed by atoms with Gasteiger partial charge in [-0.15, -0.1) is 0 Å². The smallest absolute Gasteiger partial charge is 0.229 e. The van der Waals surface area contributed by atoms with Gasteiger partial charge >= 0.3 is 0 Å². The van der Waals surface area contributed by atoms with Gasteiger partial charge in [-0.05, 0) is 30.3 Å². The minimum atomic E-state index is 0.394. The van der Waals surface area contributed by atoms with Crippen LogP contribution in [-0.2, 0) is 0 Å². The number of nitrogens with one attached hydrogen (secondary N) is 2. The quantitative estimate of drug-likeness (QED) is 0.454. The van der Waals surface area contributed by atoms with Gasteiger partial charge in [-0.1, -0.05) is 18.2 Å². The zero-order valence-corrected chi connectivity index (χ0v) is 14.2. The number of hydrogen-bond donors (Lipinski definition) is 3. The number of H-pyrrole nitrogens is 1. The van der Waals surface area contributed by atoms with E-state index in [2.05, 4.69) is 30.2 Å². The Morgan fingerprint density at radius 2 is 1.81 bits per heavy atom. The molecule has 0 atom stereocenters. The van der Waals surface area contributed by atoms with Crippen LogP contribution >= 0.6 is 0 Å². The second kappa shape index (κ2) is 6.06. The second-order valence-electron chi connectivity index (χ2n) is 6.17. The Hall–Kier alpha value is -4.00. The molecule has 3 aromatic heterocycles. The molecule has 27 heavy (non-hydrogen) atoms. The van der Waals surface area contributed by atoms with E-state index in [1.165, 1.54) is 0 Å². The molecular weight excluding hydrogens is 338 g/mol. The monoisotopic (exact) mass is 353 g/mol. The number of imidazole rings is 1. The molecule has 0 aliphatic carbocycles. The van der Waals surface area contributed by atoms with Crippen molar-refractivity contribution in [3.8, 4) is 11.1 Å². The van der Waals surface area contributed by atoms with E-state index in [4.69, 9.17) is 5.73 Å². The summed E-state index contributed by atoms with van der Waals surface area (Å²) in [6.07, 6.45) is 5.16. The topological polar surface area (TPSA) is 105 Å². The van der Waals surface area contributed by atoms with E-state index in [-0.39, 0.29) is 0 Å². The highest BCUT2D eigenvalue weighted by Crippen LogP contribution is 2.27. The van der Waals surface area contributed by atoms with E-state index in [9.17, 15) is 0 Å². The van der Waals surface area contributed by atoms with E-state index < -0.39 is 0 Å². The fourth-order valence-electron chi connectivity index (χ4n) is 3.03. The summed E-state index contributed by atoms with van der Waals surface area (Å²) in [5, 5.41) is 4.21. The third kappa shape index (κ3) is 2.81. The lowest BCUT2D eigenvalue weighted by Crippen LogP contribution is -2.02. The van der Waals surface area contributed by atoms with Gasteiger partial charge in [-0.25, -0.2) is 9.97 Å².